The van der Waals surface area contributed by atoms with Gasteiger partial charge in [-0.1, -0.05) is 36.4 Å². The number of hydrogen-bond donors (Lipinski definition) is 1. The van der Waals surface area contributed by atoms with Crippen LogP contribution in [0.2, 0.25) is 0 Å². The Bertz CT molecular complexity index is 1260. The standard InChI is InChI=1S/C26H24N4O3/c1-18(20-9-10-23-24(14-20)33-13-12-32-23)28-26(31)22-17-30(16-19-6-3-2-4-7-19)29-25(22)21-8-5-11-27-15-21/h2-11,14-15,17-18H,12-13,16H2,1H3,(H,28,31)/t18-/m1/s1. The van der Waals surface area contributed by atoms with Gasteiger partial charge in [0.1, 0.15) is 18.9 Å². The van der Waals surface area contributed by atoms with Crippen molar-refractivity contribution in [2.75, 3.05) is 13.2 Å². The van der Waals surface area contributed by atoms with Crippen LogP contribution in [0.3, 0.4) is 0 Å². The van der Waals surface area contributed by atoms with Crippen molar-refractivity contribution < 1.29 is 14.3 Å². The lowest BCUT2D eigenvalue weighted by atomic mass is 10.1. The van der Waals surface area contributed by atoms with Gasteiger partial charge in [0.25, 0.3) is 5.91 Å². The second-order valence-electron chi connectivity index (χ2n) is 7.91. The van der Waals surface area contributed by atoms with Gasteiger partial charge in [-0.15, -0.1) is 0 Å². The fourth-order valence-electron chi connectivity index (χ4n) is 3.84. The second-order valence-corrected chi connectivity index (χ2v) is 7.91. The van der Waals surface area contributed by atoms with Crippen molar-refractivity contribution in [3.05, 3.63) is 95.9 Å². The molecule has 0 aliphatic carbocycles. The Morgan fingerprint density at radius 1 is 1.06 bits per heavy atom. The summed E-state index contributed by atoms with van der Waals surface area (Å²) >= 11 is 0. The van der Waals surface area contributed by atoms with E-state index in [2.05, 4.69) is 10.3 Å². The maximum absolute atomic E-state index is 13.3. The number of carbonyl (C=O) groups is 1. The number of pyridine rings is 1. The maximum Gasteiger partial charge on any atom is 0.255 e. The number of nitrogens with one attached hydrogen (secondary N) is 1. The Morgan fingerprint density at radius 2 is 1.88 bits per heavy atom. The summed E-state index contributed by atoms with van der Waals surface area (Å²) in [4.78, 5) is 17.5. The quantitative estimate of drug-likeness (QED) is 0.485. The predicted octanol–water partition coefficient (Wildman–Crippen LogP) is 4.26. The zero-order valence-corrected chi connectivity index (χ0v) is 18.3. The lowest BCUT2D eigenvalue weighted by Crippen LogP contribution is -2.27. The molecule has 0 spiro atoms. The topological polar surface area (TPSA) is 78.3 Å². The number of nitrogens with zero attached hydrogens (tertiary/aromatic N) is 3. The van der Waals surface area contributed by atoms with Crippen LogP contribution in [0.15, 0.2) is 79.3 Å². The fourth-order valence-corrected chi connectivity index (χ4v) is 3.84. The Balaban J connectivity index is 1.41. The molecular weight excluding hydrogens is 416 g/mol. The lowest BCUT2D eigenvalue weighted by molar-refractivity contribution is 0.0940. The van der Waals surface area contributed by atoms with Gasteiger partial charge in [0, 0.05) is 24.2 Å². The Morgan fingerprint density at radius 3 is 2.67 bits per heavy atom. The summed E-state index contributed by atoms with van der Waals surface area (Å²) in [6, 6.07) is 19.3. The molecule has 3 heterocycles. The lowest BCUT2D eigenvalue weighted by Gasteiger charge is -2.21. The number of amides is 1. The third-order valence-electron chi connectivity index (χ3n) is 5.54. The molecule has 0 radical (unpaired) electrons. The molecule has 1 N–H and O–H groups in total. The van der Waals surface area contributed by atoms with Gasteiger partial charge in [-0.3, -0.25) is 14.5 Å². The van der Waals surface area contributed by atoms with Crippen molar-refractivity contribution in [1.82, 2.24) is 20.1 Å². The molecule has 1 atom stereocenters. The molecule has 0 saturated heterocycles. The van der Waals surface area contributed by atoms with Gasteiger partial charge in [-0.05, 0) is 42.3 Å². The first kappa shape index (κ1) is 20.8. The van der Waals surface area contributed by atoms with Gasteiger partial charge in [0.05, 0.1) is 18.2 Å². The van der Waals surface area contributed by atoms with Crippen molar-refractivity contribution in [2.24, 2.45) is 0 Å². The summed E-state index contributed by atoms with van der Waals surface area (Å²) in [5.74, 6) is 1.23. The highest BCUT2D eigenvalue weighted by Gasteiger charge is 2.21. The van der Waals surface area contributed by atoms with E-state index in [1.54, 1.807) is 23.3 Å². The van der Waals surface area contributed by atoms with Crippen LogP contribution in [0.1, 0.15) is 34.5 Å². The zero-order valence-electron chi connectivity index (χ0n) is 18.3. The van der Waals surface area contributed by atoms with Gasteiger partial charge in [0.2, 0.25) is 0 Å². The van der Waals surface area contributed by atoms with E-state index in [0.717, 1.165) is 22.4 Å². The van der Waals surface area contributed by atoms with Crippen molar-refractivity contribution in [3.63, 3.8) is 0 Å². The molecule has 1 aliphatic heterocycles. The van der Waals surface area contributed by atoms with Crippen LogP contribution in [0.5, 0.6) is 11.5 Å². The fraction of sp³-hybridized carbons (Fsp3) is 0.192. The SMILES string of the molecule is C[C@@H](NC(=O)c1cn(Cc2ccccc2)nc1-c1cccnc1)c1ccc2c(c1)OCCO2. The molecule has 166 valence electrons. The van der Waals surface area contributed by atoms with Gasteiger partial charge < -0.3 is 14.8 Å². The van der Waals surface area contributed by atoms with Gasteiger partial charge in [-0.2, -0.15) is 5.10 Å². The molecule has 1 aliphatic rings. The number of rotatable bonds is 6. The Kier molecular flexibility index (Phi) is 5.76. The van der Waals surface area contributed by atoms with Gasteiger partial charge in [0.15, 0.2) is 11.5 Å². The number of ether oxygens (including phenoxy) is 2. The summed E-state index contributed by atoms with van der Waals surface area (Å²) < 4.78 is 13.1. The van der Waals surface area contributed by atoms with Crippen LogP contribution in [0, 0.1) is 0 Å². The molecule has 2 aromatic carbocycles. The van der Waals surface area contributed by atoms with E-state index in [1.807, 2.05) is 67.6 Å². The van der Waals surface area contributed by atoms with E-state index in [0.29, 0.717) is 36.8 Å². The van der Waals surface area contributed by atoms with Crippen LogP contribution in [0.25, 0.3) is 11.3 Å². The highest BCUT2D eigenvalue weighted by Crippen LogP contribution is 2.33. The Hall–Kier alpha value is -4.13. The maximum atomic E-state index is 13.3. The average Bonchev–Trinajstić information content (AvgIpc) is 3.29. The number of fused-ring (bicyclic) bond motifs is 1. The molecule has 7 heteroatoms. The molecule has 0 unspecified atom stereocenters. The van der Waals surface area contributed by atoms with Gasteiger partial charge >= 0.3 is 0 Å². The monoisotopic (exact) mass is 440 g/mol. The summed E-state index contributed by atoms with van der Waals surface area (Å²) in [6.07, 6.45) is 5.21. The third kappa shape index (κ3) is 4.57. The summed E-state index contributed by atoms with van der Waals surface area (Å²) in [7, 11) is 0. The van der Waals surface area contributed by atoms with Crippen molar-refractivity contribution in [1.29, 1.82) is 0 Å². The number of aromatic nitrogens is 3. The first-order valence-corrected chi connectivity index (χ1v) is 10.9. The summed E-state index contributed by atoms with van der Waals surface area (Å²) in [5.41, 5.74) is 3.94. The molecular formula is C26H24N4O3. The molecule has 4 aromatic rings. The predicted molar refractivity (Wildman–Crippen MR) is 124 cm³/mol. The van der Waals surface area contributed by atoms with E-state index >= 15 is 0 Å². The molecule has 0 saturated carbocycles. The van der Waals surface area contributed by atoms with Crippen LogP contribution < -0.4 is 14.8 Å². The molecule has 2 aromatic heterocycles. The molecule has 0 fully saturated rings. The zero-order chi connectivity index (χ0) is 22.6. The van der Waals surface area contributed by atoms with E-state index in [-0.39, 0.29) is 11.9 Å². The van der Waals surface area contributed by atoms with Crippen LogP contribution in [-0.2, 0) is 6.54 Å². The molecule has 0 bridgehead atoms. The van der Waals surface area contributed by atoms with Crippen LogP contribution in [0.4, 0.5) is 0 Å². The van der Waals surface area contributed by atoms with E-state index in [1.165, 1.54) is 0 Å². The summed E-state index contributed by atoms with van der Waals surface area (Å²) in [6.45, 7) is 3.58. The Labute approximate surface area is 192 Å². The first-order valence-electron chi connectivity index (χ1n) is 10.9. The largest absolute Gasteiger partial charge is 0.486 e. The van der Waals surface area contributed by atoms with E-state index in [4.69, 9.17) is 14.6 Å². The smallest absolute Gasteiger partial charge is 0.255 e. The average molecular weight is 441 g/mol. The van der Waals surface area contributed by atoms with Crippen molar-refractivity contribution >= 4 is 5.91 Å². The van der Waals surface area contributed by atoms with Crippen molar-refractivity contribution in [3.8, 4) is 22.8 Å². The highest BCUT2D eigenvalue weighted by atomic mass is 16.6. The van der Waals surface area contributed by atoms with Gasteiger partial charge in [-0.25, -0.2) is 0 Å². The number of benzene rings is 2. The first-order chi connectivity index (χ1) is 16.2. The van der Waals surface area contributed by atoms with Crippen LogP contribution in [-0.4, -0.2) is 33.9 Å². The summed E-state index contributed by atoms with van der Waals surface area (Å²) in [5, 5.41) is 7.81. The van der Waals surface area contributed by atoms with E-state index < -0.39 is 0 Å². The molecule has 1 amide bonds. The minimum absolute atomic E-state index is 0.199. The normalized spacial score (nSPS) is 13.4. The number of carbonyl (C=O) groups excluding carboxylic acids is 1. The van der Waals surface area contributed by atoms with Crippen molar-refractivity contribution in [2.45, 2.75) is 19.5 Å². The third-order valence-corrected chi connectivity index (χ3v) is 5.54. The second kappa shape index (κ2) is 9.16. The van der Waals surface area contributed by atoms with Crippen LogP contribution >= 0.6 is 0 Å². The molecule has 7 nitrogen and oxygen atoms in total. The molecule has 5 rings (SSSR count). The minimum atomic E-state index is -0.229. The minimum Gasteiger partial charge on any atom is -0.486 e. The molecule has 33 heavy (non-hydrogen) atoms. The highest BCUT2D eigenvalue weighted by molar-refractivity contribution is 6.00. The van der Waals surface area contributed by atoms with E-state index in [9.17, 15) is 4.79 Å². The number of hydrogen-bond acceptors (Lipinski definition) is 5.